The summed E-state index contributed by atoms with van der Waals surface area (Å²) < 4.78 is 5.90. The highest BCUT2D eigenvalue weighted by Crippen LogP contribution is 2.23. The number of hydrogen-bond acceptors (Lipinski definition) is 3. The molecule has 4 heteroatoms. The summed E-state index contributed by atoms with van der Waals surface area (Å²) in [6.07, 6.45) is 7.20. The molecule has 0 fully saturated rings. The maximum Gasteiger partial charge on any atom is 0.251 e. The fourth-order valence-corrected chi connectivity index (χ4v) is 3.41. The van der Waals surface area contributed by atoms with E-state index in [2.05, 4.69) is 12.2 Å². The fraction of sp³-hybridized carbons (Fsp3) is 0.360. The van der Waals surface area contributed by atoms with Gasteiger partial charge < -0.3 is 9.73 Å². The average molecular weight is 392 g/mol. The van der Waals surface area contributed by atoms with Crippen LogP contribution in [0, 0.1) is 6.92 Å². The standard InChI is InChI=1S/C25H29NO3/c1-3-4-5-6-7-8-15-26-25(28)20-12-10-19(11-13-20)24-17-22(27)21-16-18(2)9-14-23(21)29-24/h9-14,16-17H,3-8,15H2,1-2H3,(H,26,28). The van der Waals surface area contributed by atoms with E-state index in [1.54, 1.807) is 12.1 Å². The zero-order valence-corrected chi connectivity index (χ0v) is 17.3. The second kappa shape index (κ2) is 10.1. The molecule has 0 spiro atoms. The van der Waals surface area contributed by atoms with E-state index in [1.807, 2.05) is 37.3 Å². The third-order valence-electron chi connectivity index (χ3n) is 5.13. The molecule has 2 aromatic carbocycles. The van der Waals surface area contributed by atoms with Gasteiger partial charge in [0.1, 0.15) is 11.3 Å². The normalized spacial score (nSPS) is 11.0. The van der Waals surface area contributed by atoms with Gasteiger partial charge in [-0.2, -0.15) is 0 Å². The molecule has 0 saturated carbocycles. The van der Waals surface area contributed by atoms with Gasteiger partial charge >= 0.3 is 0 Å². The number of carbonyl (C=O) groups excluding carboxylic acids is 1. The van der Waals surface area contributed by atoms with E-state index < -0.39 is 0 Å². The SMILES string of the molecule is CCCCCCCCNC(=O)c1ccc(-c2cc(=O)c3cc(C)ccc3o2)cc1. The van der Waals surface area contributed by atoms with Crippen LogP contribution < -0.4 is 10.7 Å². The van der Waals surface area contributed by atoms with Gasteiger partial charge in [-0.15, -0.1) is 0 Å². The largest absolute Gasteiger partial charge is 0.456 e. The molecule has 0 atom stereocenters. The van der Waals surface area contributed by atoms with Crippen molar-refractivity contribution in [3.8, 4) is 11.3 Å². The smallest absolute Gasteiger partial charge is 0.251 e. The van der Waals surface area contributed by atoms with Gasteiger partial charge in [0.2, 0.25) is 0 Å². The predicted molar refractivity (Wildman–Crippen MR) is 118 cm³/mol. The monoisotopic (exact) mass is 391 g/mol. The molecule has 0 aliphatic carbocycles. The van der Waals surface area contributed by atoms with Crippen molar-refractivity contribution in [3.05, 3.63) is 69.9 Å². The molecule has 0 unspecified atom stereocenters. The molecule has 3 aromatic rings. The molecule has 1 amide bonds. The van der Waals surface area contributed by atoms with Gasteiger partial charge in [-0.05, 0) is 37.6 Å². The number of nitrogens with one attached hydrogen (secondary N) is 1. The van der Waals surface area contributed by atoms with Crippen LogP contribution in [0.2, 0.25) is 0 Å². The number of carbonyl (C=O) groups is 1. The Morgan fingerprint density at radius 1 is 0.931 bits per heavy atom. The molecule has 1 heterocycles. The zero-order valence-electron chi connectivity index (χ0n) is 17.3. The Morgan fingerprint density at radius 3 is 2.41 bits per heavy atom. The highest BCUT2D eigenvalue weighted by atomic mass is 16.3. The van der Waals surface area contributed by atoms with Crippen LogP contribution in [0.25, 0.3) is 22.3 Å². The van der Waals surface area contributed by atoms with Gasteiger partial charge in [-0.25, -0.2) is 0 Å². The minimum absolute atomic E-state index is 0.0642. The zero-order chi connectivity index (χ0) is 20.6. The van der Waals surface area contributed by atoms with Crippen LogP contribution in [0.15, 0.2) is 57.7 Å². The van der Waals surface area contributed by atoms with E-state index in [1.165, 1.54) is 31.7 Å². The Labute approximate surface area is 171 Å². The lowest BCUT2D eigenvalue weighted by Gasteiger charge is -2.07. The first kappa shape index (κ1) is 20.8. The van der Waals surface area contributed by atoms with Crippen molar-refractivity contribution in [2.75, 3.05) is 6.54 Å². The summed E-state index contributed by atoms with van der Waals surface area (Å²) in [7, 11) is 0. The van der Waals surface area contributed by atoms with Crippen molar-refractivity contribution in [2.24, 2.45) is 0 Å². The van der Waals surface area contributed by atoms with Crippen molar-refractivity contribution in [2.45, 2.75) is 52.4 Å². The van der Waals surface area contributed by atoms with Gasteiger partial charge in [0, 0.05) is 23.7 Å². The number of unbranched alkanes of at least 4 members (excludes halogenated alkanes) is 5. The minimum atomic E-state index is -0.0689. The number of benzene rings is 2. The van der Waals surface area contributed by atoms with E-state index in [0.29, 0.717) is 28.8 Å². The molecular weight excluding hydrogens is 362 g/mol. The Bertz CT molecular complexity index is 1020. The molecule has 29 heavy (non-hydrogen) atoms. The van der Waals surface area contributed by atoms with Gasteiger partial charge in [0.05, 0.1) is 5.39 Å². The van der Waals surface area contributed by atoms with Gasteiger partial charge in [-0.1, -0.05) is 62.8 Å². The van der Waals surface area contributed by atoms with Crippen LogP contribution in [0.5, 0.6) is 0 Å². The summed E-state index contributed by atoms with van der Waals surface area (Å²) in [5, 5.41) is 3.56. The van der Waals surface area contributed by atoms with Crippen molar-refractivity contribution < 1.29 is 9.21 Å². The lowest BCUT2D eigenvalue weighted by Crippen LogP contribution is -2.24. The Kier molecular flexibility index (Phi) is 7.23. The highest BCUT2D eigenvalue weighted by Gasteiger charge is 2.09. The summed E-state index contributed by atoms with van der Waals surface area (Å²) in [6, 6.07) is 14.3. The van der Waals surface area contributed by atoms with Crippen LogP contribution in [-0.4, -0.2) is 12.5 Å². The Hall–Kier alpha value is -2.88. The summed E-state index contributed by atoms with van der Waals surface area (Å²) >= 11 is 0. The second-order valence-corrected chi connectivity index (χ2v) is 7.58. The molecule has 0 aliphatic heterocycles. The molecule has 0 bridgehead atoms. The topological polar surface area (TPSA) is 59.3 Å². The van der Waals surface area contributed by atoms with E-state index in [4.69, 9.17) is 4.42 Å². The third-order valence-corrected chi connectivity index (χ3v) is 5.13. The highest BCUT2D eigenvalue weighted by molar-refractivity contribution is 5.94. The van der Waals surface area contributed by atoms with E-state index in [0.717, 1.165) is 24.0 Å². The first-order valence-electron chi connectivity index (χ1n) is 10.5. The van der Waals surface area contributed by atoms with E-state index in [9.17, 15) is 9.59 Å². The number of rotatable bonds is 9. The lowest BCUT2D eigenvalue weighted by molar-refractivity contribution is 0.0953. The maximum absolute atomic E-state index is 12.4. The number of hydrogen-bond donors (Lipinski definition) is 1. The molecule has 1 aromatic heterocycles. The lowest BCUT2D eigenvalue weighted by atomic mass is 10.1. The fourth-order valence-electron chi connectivity index (χ4n) is 3.41. The quantitative estimate of drug-likeness (QED) is 0.465. The average Bonchev–Trinajstić information content (AvgIpc) is 2.73. The molecule has 0 aliphatic rings. The summed E-state index contributed by atoms with van der Waals surface area (Å²) in [4.78, 5) is 24.7. The molecule has 4 nitrogen and oxygen atoms in total. The van der Waals surface area contributed by atoms with E-state index in [-0.39, 0.29) is 11.3 Å². The predicted octanol–water partition coefficient (Wildman–Crippen LogP) is 5.86. The first-order chi connectivity index (χ1) is 14.1. The summed E-state index contributed by atoms with van der Waals surface area (Å²) in [5.74, 6) is 0.436. The van der Waals surface area contributed by atoms with Crippen LogP contribution in [0.3, 0.4) is 0 Å². The summed E-state index contributed by atoms with van der Waals surface area (Å²) in [5.41, 5.74) is 2.91. The van der Waals surface area contributed by atoms with Gasteiger partial charge in [0.25, 0.3) is 5.91 Å². The third kappa shape index (κ3) is 5.57. The molecule has 0 radical (unpaired) electrons. The van der Waals surface area contributed by atoms with Crippen LogP contribution in [-0.2, 0) is 0 Å². The van der Waals surface area contributed by atoms with Crippen LogP contribution in [0.4, 0.5) is 0 Å². The second-order valence-electron chi connectivity index (χ2n) is 7.58. The molecular formula is C25H29NO3. The summed E-state index contributed by atoms with van der Waals surface area (Å²) in [6.45, 7) is 4.86. The van der Waals surface area contributed by atoms with Crippen molar-refractivity contribution in [1.29, 1.82) is 0 Å². The van der Waals surface area contributed by atoms with Gasteiger partial charge in [-0.3, -0.25) is 9.59 Å². The number of amides is 1. The Morgan fingerprint density at radius 2 is 1.66 bits per heavy atom. The van der Waals surface area contributed by atoms with Crippen LogP contribution in [0.1, 0.15) is 61.4 Å². The molecule has 0 saturated heterocycles. The molecule has 1 N–H and O–H groups in total. The minimum Gasteiger partial charge on any atom is -0.456 e. The maximum atomic E-state index is 12.4. The van der Waals surface area contributed by atoms with Gasteiger partial charge in [0.15, 0.2) is 5.43 Å². The first-order valence-corrected chi connectivity index (χ1v) is 10.5. The number of fused-ring (bicyclic) bond motifs is 1. The van der Waals surface area contributed by atoms with Crippen molar-refractivity contribution >= 4 is 16.9 Å². The molecule has 152 valence electrons. The Balaban J connectivity index is 1.61. The van der Waals surface area contributed by atoms with Crippen molar-refractivity contribution in [3.63, 3.8) is 0 Å². The molecule has 3 rings (SSSR count). The van der Waals surface area contributed by atoms with Crippen LogP contribution >= 0.6 is 0 Å². The van der Waals surface area contributed by atoms with E-state index >= 15 is 0 Å². The van der Waals surface area contributed by atoms with Crippen molar-refractivity contribution in [1.82, 2.24) is 5.32 Å². The number of aryl methyl sites for hydroxylation is 1.